The van der Waals surface area contributed by atoms with Gasteiger partial charge in [-0.25, -0.2) is 0 Å². The Morgan fingerprint density at radius 1 is 1.35 bits per heavy atom. The van der Waals surface area contributed by atoms with Crippen LogP contribution < -0.4 is 0 Å². The van der Waals surface area contributed by atoms with Crippen molar-refractivity contribution >= 4 is 5.91 Å². The molecule has 4 heteroatoms. The van der Waals surface area contributed by atoms with Crippen LogP contribution in [-0.2, 0) is 4.79 Å². The number of rotatable bonds is 2. The Bertz CT molecular complexity index is 629. The number of fused-ring (bicyclic) bond motifs is 5. The molecule has 4 rings (SSSR count). The quantitative estimate of drug-likeness (QED) is 0.793. The lowest BCUT2D eigenvalue weighted by Crippen LogP contribution is -2.59. The van der Waals surface area contributed by atoms with Gasteiger partial charge in [0.2, 0.25) is 5.91 Å². The highest BCUT2D eigenvalue weighted by Crippen LogP contribution is 2.66. The van der Waals surface area contributed by atoms with Crippen LogP contribution in [0.15, 0.2) is 11.8 Å². The van der Waals surface area contributed by atoms with Gasteiger partial charge < -0.3 is 15.1 Å². The fourth-order valence-corrected chi connectivity index (χ4v) is 7.76. The Morgan fingerprint density at radius 2 is 2.08 bits per heavy atom. The standard InChI is InChI=1S/C22H35NO3/c1-5-23-18-9-6-14-16-8-7-15(13(2)24)22(16,4)12-17(25)20(14)21(18,3)11-10-19(23)26/h9,13-17,20,24-25H,5-8,10-12H2,1-4H3/t13?,14?,15-,16?,17+,20?,21+,22-/m1/s1. The molecule has 3 fully saturated rings. The van der Waals surface area contributed by atoms with Crippen molar-refractivity contribution in [3.05, 3.63) is 11.8 Å². The lowest BCUT2D eigenvalue weighted by molar-refractivity contribution is -0.151. The highest BCUT2D eigenvalue weighted by Gasteiger charge is 2.62. The summed E-state index contributed by atoms with van der Waals surface area (Å²) in [7, 11) is 0. The van der Waals surface area contributed by atoms with E-state index in [-0.39, 0.29) is 34.9 Å². The number of likely N-dealkylation sites (tertiary alicyclic amines) is 1. The van der Waals surface area contributed by atoms with Gasteiger partial charge in [-0.05, 0) is 75.0 Å². The molecule has 1 saturated heterocycles. The van der Waals surface area contributed by atoms with E-state index in [1.807, 2.05) is 11.8 Å². The van der Waals surface area contributed by atoms with Gasteiger partial charge in [0.15, 0.2) is 0 Å². The second-order valence-corrected chi connectivity index (χ2v) is 9.88. The van der Waals surface area contributed by atoms with E-state index < -0.39 is 0 Å². The first-order chi connectivity index (χ1) is 12.2. The summed E-state index contributed by atoms with van der Waals surface area (Å²) in [5, 5.41) is 21.7. The lowest BCUT2D eigenvalue weighted by atomic mass is 9.47. The van der Waals surface area contributed by atoms with Crippen LogP contribution in [0.4, 0.5) is 0 Å². The Labute approximate surface area is 157 Å². The number of hydrogen-bond acceptors (Lipinski definition) is 3. The average Bonchev–Trinajstić information content (AvgIpc) is 2.91. The third kappa shape index (κ3) is 2.30. The predicted molar refractivity (Wildman–Crippen MR) is 101 cm³/mol. The molecule has 2 N–H and O–H groups in total. The molecule has 3 aliphatic carbocycles. The van der Waals surface area contributed by atoms with Gasteiger partial charge in [0.05, 0.1) is 12.2 Å². The Balaban J connectivity index is 1.73. The summed E-state index contributed by atoms with van der Waals surface area (Å²) >= 11 is 0. The van der Waals surface area contributed by atoms with E-state index >= 15 is 0 Å². The largest absolute Gasteiger partial charge is 0.393 e. The number of amides is 1. The molecule has 0 bridgehead atoms. The summed E-state index contributed by atoms with van der Waals surface area (Å²) < 4.78 is 0. The topological polar surface area (TPSA) is 60.8 Å². The highest BCUT2D eigenvalue weighted by molar-refractivity contribution is 5.80. The van der Waals surface area contributed by atoms with Crippen LogP contribution in [0.2, 0.25) is 0 Å². The summed E-state index contributed by atoms with van der Waals surface area (Å²) in [5.41, 5.74) is 1.10. The molecule has 1 heterocycles. The summed E-state index contributed by atoms with van der Waals surface area (Å²) in [6.07, 6.45) is 7.10. The van der Waals surface area contributed by atoms with E-state index in [0.717, 1.165) is 38.6 Å². The molecular weight excluding hydrogens is 326 g/mol. The number of carbonyl (C=O) groups is 1. The maximum absolute atomic E-state index is 12.4. The Kier molecular flexibility index (Phi) is 4.31. The van der Waals surface area contributed by atoms with Gasteiger partial charge >= 0.3 is 0 Å². The van der Waals surface area contributed by atoms with Crippen molar-refractivity contribution in [1.29, 1.82) is 0 Å². The molecule has 146 valence electrons. The van der Waals surface area contributed by atoms with Gasteiger partial charge in [-0.2, -0.15) is 0 Å². The van der Waals surface area contributed by atoms with E-state index in [1.165, 1.54) is 5.70 Å². The van der Waals surface area contributed by atoms with Crippen molar-refractivity contribution in [2.45, 2.75) is 78.4 Å². The zero-order chi connectivity index (χ0) is 18.9. The molecule has 0 spiro atoms. The molecular formula is C22H35NO3. The predicted octanol–water partition coefficient (Wildman–Crippen LogP) is 3.33. The van der Waals surface area contributed by atoms with E-state index in [0.29, 0.717) is 24.2 Å². The minimum absolute atomic E-state index is 0.0331. The molecule has 8 atom stereocenters. The Morgan fingerprint density at radius 3 is 2.73 bits per heavy atom. The third-order valence-electron chi connectivity index (χ3n) is 8.78. The van der Waals surface area contributed by atoms with Crippen LogP contribution in [0.25, 0.3) is 0 Å². The first kappa shape index (κ1) is 18.5. The monoisotopic (exact) mass is 361 g/mol. The van der Waals surface area contributed by atoms with Gasteiger partial charge in [-0.3, -0.25) is 4.79 Å². The summed E-state index contributed by atoms with van der Waals surface area (Å²) in [5.74, 6) is 1.79. The second kappa shape index (κ2) is 6.07. The molecule has 0 aromatic carbocycles. The molecule has 0 aromatic heterocycles. The number of carbonyl (C=O) groups excluding carboxylic acids is 1. The average molecular weight is 362 g/mol. The van der Waals surface area contributed by atoms with Crippen LogP contribution in [0.3, 0.4) is 0 Å². The van der Waals surface area contributed by atoms with Gasteiger partial charge in [0.25, 0.3) is 0 Å². The number of allylic oxidation sites excluding steroid dienone is 2. The normalized spacial score (nSPS) is 49.2. The molecule has 4 unspecified atom stereocenters. The van der Waals surface area contributed by atoms with Crippen molar-refractivity contribution in [2.24, 2.45) is 34.5 Å². The number of piperidine rings is 1. The van der Waals surface area contributed by atoms with E-state index in [4.69, 9.17) is 0 Å². The van der Waals surface area contributed by atoms with Crippen LogP contribution in [-0.4, -0.2) is 39.8 Å². The third-order valence-corrected chi connectivity index (χ3v) is 8.78. The van der Waals surface area contributed by atoms with Crippen LogP contribution in [0.5, 0.6) is 0 Å². The molecule has 0 radical (unpaired) electrons. The van der Waals surface area contributed by atoms with Crippen molar-refractivity contribution in [1.82, 2.24) is 4.90 Å². The van der Waals surface area contributed by atoms with Gasteiger partial charge in [0.1, 0.15) is 0 Å². The minimum atomic E-state index is -0.346. The first-order valence-corrected chi connectivity index (χ1v) is 10.6. The molecule has 0 aromatic rings. The lowest BCUT2D eigenvalue weighted by Gasteiger charge is -2.60. The van der Waals surface area contributed by atoms with E-state index in [2.05, 4.69) is 26.8 Å². The van der Waals surface area contributed by atoms with Crippen LogP contribution in [0.1, 0.15) is 66.2 Å². The van der Waals surface area contributed by atoms with Gasteiger partial charge in [0, 0.05) is 24.1 Å². The highest BCUT2D eigenvalue weighted by atomic mass is 16.3. The fraction of sp³-hybridized carbons (Fsp3) is 0.864. The minimum Gasteiger partial charge on any atom is -0.393 e. The summed E-state index contributed by atoms with van der Waals surface area (Å²) in [6, 6.07) is 0. The van der Waals surface area contributed by atoms with E-state index in [1.54, 1.807) is 0 Å². The van der Waals surface area contributed by atoms with E-state index in [9.17, 15) is 15.0 Å². The van der Waals surface area contributed by atoms with Crippen molar-refractivity contribution in [3.63, 3.8) is 0 Å². The maximum Gasteiger partial charge on any atom is 0.226 e. The SMILES string of the molecule is CCN1C(=O)CC[C@@]2(C)C1=CCC1C2[C@@H](O)C[C@@]2(C)C1CC[C@@H]2C(C)O. The van der Waals surface area contributed by atoms with Gasteiger partial charge in [-0.1, -0.05) is 19.9 Å². The van der Waals surface area contributed by atoms with Gasteiger partial charge in [-0.15, -0.1) is 0 Å². The molecule has 4 aliphatic rings. The maximum atomic E-state index is 12.4. The zero-order valence-electron chi connectivity index (χ0n) is 16.7. The summed E-state index contributed by atoms with van der Waals surface area (Å²) in [4.78, 5) is 14.4. The number of hydrogen-bond donors (Lipinski definition) is 2. The fourth-order valence-electron chi connectivity index (χ4n) is 7.76. The molecule has 1 aliphatic heterocycles. The molecule has 1 amide bonds. The number of aliphatic hydroxyl groups is 2. The van der Waals surface area contributed by atoms with Crippen LogP contribution >= 0.6 is 0 Å². The number of aliphatic hydroxyl groups excluding tert-OH is 2. The smallest absolute Gasteiger partial charge is 0.226 e. The number of nitrogens with zero attached hydrogens (tertiary/aromatic N) is 1. The van der Waals surface area contributed by atoms with Crippen LogP contribution in [0, 0.1) is 34.5 Å². The first-order valence-electron chi connectivity index (χ1n) is 10.6. The van der Waals surface area contributed by atoms with Crippen molar-refractivity contribution < 1.29 is 15.0 Å². The molecule has 26 heavy (non-hydrogen) atoms. The van der Waals surface area contributed by atoms with Crippen molar-refractivity contribution in [3.8, 4) is 0 Å². The summed E-state index contributed by atoms with van der Waals surface area (Å²) in [6.45, 7) is 9.29. The Hall–Kier alpha value is -0.870. The van der Waals surface area contributed by atoms with Crippen molar-refractivity contribution in [2.75, 3.05) is 6.54 Å². The zero-order valence-corrected chi connectivity index (χ0v) is 16.7. The molecule has 2 saturated carbocycles. The second-order valence-electron chi connectivity index (χ2n) is 9.88. The molecule has 4 nitrogen and oxygen atoms in total.